The number of rotatable bonds is 2. The van der Waals surface area contributed by atoms with E-state index in [9.17, 15) is 9.90 Å². The van der Waals surface area contributed by atoms with Gasteiger partial charge < -0.3 is 9.84 Å². The molecule has 0 aliphatic rings. The lowest BCUT2D eigenvalue weighted by Gasteiger charge is -2.09. The Kier molecular flexibility index (Phi) is 3.13. The molecule has 0 aromatic heterocycles. The second-order valence-electron chi connectivity index (χ2n) is 2.15. The van der Waals surface area contributed by atoms with Crippen molar-refractivity contribution in [3.8, 4) is 0 Å². The highest BCUT2D eigenvalue weighted by Crippen LogP contribution is 2.14. The first-order valence-electron chi connectivity index (χ1n) is 3.33. The van der Waals surface area contributed by atoms with Gasteiger partial charge in [0.25, 0.3) is 0 Å². The number of hydrogen-bond acceptors (Lipinski definition) is 3. The Labute approximate surface area is 75.4 Å². The first kappa shape index (κ1) is 9.09. The zero-order valence-electron chi connectivity index (χ0n) is 6.18. The molecule has 0 amide bonds. The molecule has 0 saturated heterocycles. The third kappa shape index (κ3) is 2.56. The fraction of sp³-hybridized carbons (Fsp3) is 0.125. The minimum absolute atomic E-state index is 0.528. The van der Waals surface area contributed by atoms with Crippen molar-refractivity contribution in [1.82, 2.24) is 0 Å². The number of carbonyl (C=O) groups is 1. The summed E-state index contributed by atoms with van der Waals surface area (Å²) in [5.41, 5.74) is 0.528. The van der Waals surface area contributed by atoms with E-state index in [4.69, 9.17) is 0 Å². The smallest absolute Gasteiger partial charge is 0.366 e. The number of aliphatic hydroxyl groups is 1. The van der Waals surface area contributed by atoms with Crippen molar-refractivity contribution < 1.29 is 14.6 Å². The third-order valence-corrected chi connectivity index (χ3v) is 1.40. The van der Waals surface area contributed by atoms with Crippen LogP contribution >= 0.6 is 12.6 Å². The summed E-state index contributed by atoms with van der Waals surface area (Å²) in [5, 5.41) is 8.40. The van der Waals surface area contributed by atoms with E-state index >= 15 is 0 Å². The van der Waals surface area contributed by atoms with Crippen molar-refractivity contribution >= 4 is 17.9 Å². The molecule has 0 spiro atoms. The lowest BCUT2D eigenvalue weighted by molar-refractivity contribution is -0.0436. The Morgan fingerprint density at radius 1 is 1.42 bits per heavy atom. The van der Waals surface area contributed by atoms with Gasteiger partial charge in [0.2, 0.25) is 6.29 Å². The fourth-order valence-electron chi connectivity index (χ4n) is 0.781. The molecule has 1 aromatic rings. The van der Waals surface area contributed by atoms with Crippen LogP contribution in [0.3, 0.4) is 0 Å². The molecule has 3 nitrogen and oxygen atoms in total. The highest BCUT2D eigenvalue weighted by molar-refractivity contribution is 7.96. The van der Waals surface area contributed by atoms with Crippen molar-refractivity contribution in [2.24, 2.45) is 0 Å². The first-order chi connectivity index (χ1) is 5.70. The van der Waals surface area contributed by atoms with E-state index in [1.165, 1.54) is 0 Å². The van der Waals surface area contributed by atoms with E-state index in [-0.39, 0.29) is 0 Å². The Morgan fingerprint density at radius 2 is 2.00 bits per heavy atom. The Hall–Kier alpha value is -1.00. The van der Waals surface area contributed by atoms with Crippen LogP contribution in [0.2, 0.25) is 0 Å². The van der Waals surface area contributed by atoms with E-state index in [1.54, 1.807) is 30.3 Å². The number of thiol groups is 1. The molecule has 0 fully saturated rings. The van der Waals surface area contributed by atoms with Crippen LogP contribution in [0, 0.1) is 0 Å². The van der Waals surface area contributed by atoms with Crippen molar-refractivity contribution in [3.63, 3.8) is 0 Å². The average molecular weight is 184 g/mol. The topological polar surface area (TPSA) is 46.5 Å². The largest absolute Gasteiger partial charge is 0.424 e. The normalized spacial score (nSPS) is 12.2. The standard InChI is InChI=1S/C8H8O3S/c9-7(11-8(10)12)6-4-2-1-3-5-6/h1-5,7,9H,(H,10,12). The maximum absolute atomic E-state index is 10.3. The average Bonchev–Trinajstić information content (AvgIpc) is 2.05. The summed E-state index contributed by atoms with van der Waals surface area (Å²) in [6, 6.07) is 8.59. The summed E-state index contributed by atoms with van der Waals surface area (Å²) in [6.07, 6.45) is -1.23. The summed E-state index contributed by atoms with van der Waals surface area (Å²) in [6.45, 7) is 0. The van der Waals surface area contributed by atoms with Gasteiger partial charge in [0.15, 0.2) is 0 Å². The minimum atomic E-state index is -1.23. The van der Waals surface area contributed by atoms with Gasteiger partial charge in [-0.2, -0.15) is 0 Å². The third-order valence-electron chi connectivity index (χ3n) is 1.30. The Bertz CT molecular complexity index is 260. The molecule has 0 radical (unpaired) electrons. The Balaban J connectivity index is 2.65. The molecule has 4 heteroatoms. The van der Waals surface area contributed by atoms with Crippen LogP contribution in [0.5, 0.6) is 0 Å². The van der Waals surface area contributed by atoms with Gasteiger partial charge in [-0.05, 0) is 0 Å². The van der Waals surface area contributed by atoms with E-state index in [0.717, 1.165) is 0 Å². The lowest BCUT2D eigenvalue weighted by Crippen LogP contribution is -2.04. The second-order valence-corrected chi connectivity index (χ2v) is 2.51. The SMILES string of the molecule is O=C(S)OC(O)c1ccccc1. The van der Waals surface area contributed by atoms with E-state index < -0.39 is 11.6 Å². The molecule has 0 heterocycles. The molecule has 1 atom stereocenters. The van der Waals surface area contributed by atoms with Crippen LogP contribution < -0.4 is 0 Å². The van der Waals surface area contributed by atoms with Crippen molar-refractivity contribution in [2.75, 3.05) is 0 Å². The van der Waals surface area contributed by atoms with Gasteiger partial charge in [-0.3, -0.25) is 0 Å². The summed E-state index contributed by atoms with van der Waals surface area (Å²) in [5.74, 6) is 0. The maximum Gasteiger partial charge on any atom is 0.366 e. The van der Waals surface area contributed by atoms with Crippen molar-refractivity contribution in [2.45, 2.75) is 6.29 Å². The summed E-state index contributed by atoms with van der Waals surface area (Å²) in [7, 11) is 0. The van der Waals surface area contributed by atoms with Gasteiger partial charge in [-0.1, -0.05) is 43.0 Å². The Morgan fingerprint density at radius 3 is 2.50 bits per heavy atom. The molecule has 1 N–H and O–H groups in total. The molecule has 0 bridgehead atoms. The van der Waals surface area contributed by atoms with Crippen molar-refractivity contribution in [3.05, 3.63) is 35.9 Å². The van der Waals surface area contributed by atoms with Crippen LogP contribution in [-0.4, -0.2) is 10.4 Å². The maximum atomic E-state index is 10.3. The van der Waals surface area contributed by atoms with Crippen LogP contribution in [0.15, 0.2) is 30.3 Å². The molecular formula is C8H8O3S. The molecule has 0 aliphatic carbocycles. The van der Waals surface area contributed by atoms with Gasteiger partial charge in [0, 0.05) is 5.56 Å². The molecule has 0 aliphatic heterocycles. The number of ether oxygens (including phenoxy) is 1. The van der Waals surface area contributed by atoms with Crippen LogP contribution in [0.4, 0.5) is 4.79 Å². The monoisotopic (exact) mass is 184 g/mol. The van der Waals surface area contributed by atoms with Gasteiger partial charge in [-0.25, -0.2) is 4.79 Å². The van der Waals surface area contributed by atoms with Gasteiger partial charge in [0.05, 0.1) is 0 Å². The summed E-state index contributed by atoms with van der Waals surface area (Å²) >= 11 is 3.37. The predicted octanol–water partition coefficient (Wildman–Crippen LogP) is 1.74. The molecule has 12 heavy (non-hydrogen) atoms. The highest BCUT2D eigenvalue weighted by Gasteiger charge is 2.08. The molecule has 0 saturated carbocycles. The molecule has 1 unspecified atom stereocenters. The molecule has 1 aromatic carbocycles. The van der Waals surface area contributed by atoms with E-state index in [1.807, 2.05) is 0 Å². The van der Waals surface area contributed by atoms with E-state index in [2.05, 4.69) is 17.4 Å². The number of hydrogen-bond donors (Lipinski definition) is 2. The zero-order valence-corrected chi connectivity index (χ0v) is 7.07. The number of carbonyl (C=O) groups excluding carboxylic acids is 1. The highest BCUT2D eigenvalue weighted by atomic mass is 32.1. The van der Waals surface area contributed by atoms with E-state index in [0.29, 0.717) is 5.56 Å². The quantitative estimate of drug-likeness (QED) is 0.418. The molecule has 1 rings (SSSR count). The van der Waals surface area contributed by atoms with Crippen molar-refractivity contribution in [1.29, 1.82) is 0 Å². The predicted molar refractivity (Wildman–Crippen MR) is 46.9 cm³/mol. The van der Waals surface area contributed by atoms with Crippen LogP contribution in [0.25, 0.3) is 0 Å². The second kappa shape index (κ2) is 4.13. The molecule has 64 valence electrons. The van der Waals surface area contributed by atoms with Gasteiger partial charge in [-0.15, -0.1) is 0 Å². The van der Waals surface area contributed by atoms with Gasteiger partial charge >= 0.3 is 5.30 Å². The summed E-state index contributed by atoms with van der Waals surface area (Å²) < 4.78 is 4.42. The fourth-order valence-corrected chi connectivity index (χ4v) is 0.881. The molecular weight excluding hydrogens is 176 g/mol. The summed E-state index contributed by atoms with van der Waals surface area (Å²) in [4.78, 5) is 10.3. The lowest BCUT2D eigenvalue weighted by atomic mass is 10.2. The zero-order chi connectivity index (χ0) is 8.97. The minimum Gasteiger partial charge on any atom is -0.424 e. The van der Waals surface area contributed by atoms with Gasteiger partial charge in [0.1, 0.15) is 0 Å². The first-order valence-corrected chi connectivity index (χ1v) is 3.77. The number of aliphatic hydroxyl groups excluding tert-OH is 1. The van der Waals surface area contributed by atoms with Crippen LogP contribution in [0.1, 0.15) is 11.9 Å². The van der Waals surface area contributed by atoms with Crippen LogP contribution in [-0.2, 0) is 4.74 Å². The number of benzene rings is 1.